The first-order chi connectivity index (χ1) is 9.65. The quantitative estimate of drug-likeness (QED) is 0.574. The van der Waals surface area contributed by atoms with Gasteiger partial charge in [-0.2, -0.15) is 9.97 Å². The normalized spacial score (nSPS) is 10.8. The van der Waals surface area contributed by atoms with Crippen molar-refractivity contribution < 1.29 is 5.11 Å². The van der Waals surface area contributed by atoms with Crippen LogP contribution in [-0.2, 0) is 6.54 Å². The van der Waals surface area contributed by atoms with Crippen molar-refractivity contribution in [3.05, 3.63) is 35.7 Å². The minimum Gasteiger partial charge on any atom is -0.507 e. The Bertz CT molecular complexity index is 767. The summed E-state index contributed by atoms with van der Waals surface area (Å²) in [5, 5.41) is 13.1. The molecule has 0 radical (unpaired) electrons. The highest BCUT2D eigenvalue weighted by atomic mass is 16.3. The molecule has 0 amide bonds. The second kappa shape index (κ2) is 4.69. The molecule has 0 bridgehead atoms. The van der Waals surface area contributed by atoms with E-state index in [2.05, 4.69) is 25.3 Å². The minimum absolute atomic E-state index is 0.153. The van der Waals surface area contributed by atoms with Crippen molar-refractivity contribution in [1.82, 2.24) is 19.9 Å². The Labute approximate surface area is 114 Å². The molecule has 0 unspecified atom stereocenters. The number of para-hydroxylation sites is 1. The summed E-state index contributed by atoms with van der Waals surface area (Å²) in [5.41, 5.74) is 8.45. The number of benzene rings is 1. The number of fused-ring (bicyclic) bond motifs is 1. The fourth-order valence-electron chi connectivity index (χ4n) is 2.02. The number of rotatable bonds is 3. The number of phenols is 1. The van der Waals surface area contributed by atoms with Crippen LogP contribution in [-0.4, -0.2) is 25.0 Å². The molecule has 0 saturated carbocycles. The predicted octanol–water partition coefficient (Wildman–Crippen LogP) is 1.56. The minimum atomic E-state index is 0.153. The highest BCUT2D eigenvalue weighted by molar-refractivity contribution is 5.83. The maximum atomic E-state index is 9.99. The Morgan fingerprint density at radius 1 is 1.35 bits per heavy atom. The molecule has 0 aliphatic heterocycles. The van der Waals surface area contributed by atoms with Gasteiger partial charge in [0.1, 0.15) is 11.3 Å². The molecule has 0 spiro atoms. The van der Waals surface area contributed by atoms with E-state index in [9.17, 15) is 5.11 Å². The van der Waals surface area contributed by atoms with Crippen LogP contribution in [0.15, 0.2) is 24.5 Å². The summed E-state index contributed by atoms with van der Waals surface area (Å²) >= 11 is 0. The van der Waals surface area contributed by atoms with Crippen LogP contribution < -0.4 is 11.1 Å². The van der Waals surface area contributed by atoms with Crippen molar-refractivity contribution in [2.45, 2.75) is 13.5 Å². The van der Waals surface area contributed by atoms with Gasteiger partial charge >= 0.3 is 0 Å². The van der Waals surface area contributed by atoms with E-state index in [4.69, 9.17) is 5.73 Å². The molecule has 0 saturated heterocycles. The van der Waals surface area contributed by atoms with Gasteiger partial charge in [0.15, 0.2) is 11.5 Å². The summed E-state index contributed by atoms with van der Waals surface area (Å²) in [6.07, 6.45) is 1.54. The highest BCUT2D eigenvalue weighted by Crippen LogP contribution is 2.23. The molecule has 3 aromatic rings. The third-order valence-corrected chi connectivity index (χ3v) is 3.07. The van der Waals surface area contributed by atoms with Crippen LogP contribution in [0, 0.1) is 6.92 Å². The summed E-state index contributed by atoms with van der Waals surface area (Å²) in [6, 6.07) is 5.60. The van der Waals surface area contributed by atoms with Crippen LogP contribution >= 0.6 is 0 Å². The van der Waals surface area contributed by atoms with E-state index < -0.39 is 0 Å². The number of hydrogen-bond acceptors (Lipinski definition) is 6. The molecular weight excluding hydrogens is 256 g/mol. The van der Waals surface area contributed by atoms with E-state index in [1.165, 1.54) is 6.33 Å². The largest absolute Gasteiger partial charge is 0.507 e. The number of anilines is 2. The second-order valence-corrected chi connectivity index (χ2v) is 4.47. The molecule has 7 heteroatoms. The smallest absolute Gasteiger partial charge is 0.224 e. The van der Waals surface area contributed by atoms with E-state index in [1.54, 1.807) is 0 Å². The van der Waals surface area contributed by atoms with Crippen molar-refractivity contribution in [1.29, 1.82) is 0 Å². The van der Waals surface area contributed by atoms with Gasteiger partial charge in [-0.25, -0.2) is 4.98 Å². The average Bonchev–Trinajstić information content (AvgIpc) is 2.88. The Hall–Kier alpha value is -2.83. The molecule has 2 aromatic heterocycles. The maximum absolute atomic E-state index is 9.99. The lowest BCUT2D eigenvalue weighted by molar-refractivity contribution is 0.465. The summed E-state index contributed by atoms with van der Waals surface area (Å²) in [7, 11) is 0. The van der Waals surface area contributed by atoms with Crippen LogP contribution in [0.3, 0.4) is 0 Å². The Morgan fingerprint density at radius 2 is 2.20 bits per heavy atom. The zero-order chi connectivity index (χ0) is 14.1. The number of nitrogens with zero attached hydrogens (tertiary/aromatic N) is 3. The monoisotopic (exact) mass is 270 g/mol. The first-order valence-electron chi connectivity index (χ1n) is 6.13. The van der Waals surface area contributed by atoms with Gasteiger partial charge in [0.05, 0.1) is 6.33 Å². The summed E-state index contributed by atoms with van der Waals surface area (Å²) in [5.74, 6) is 0.995. The number of phenolic OH excluding ortho intramolecular Hbond substituents is 1. The number of aromatic nitrogens is 4. The van der Waals surface area contributed by atoms with Crippen LogP contribution in [0.1, 0.15) is 11.1 Å². The van der Waals surface area contributed by atoms with Gasteiger partial charge in [0, 0.05) is 12.1 Å². The molecule has 1 aromatic carbocycles. The fraction of sp³-hybridized carbons (Fsp3) is 0.154. The number of H-pyrrole nitrogens is 1. The van der Waals surface area contributed by atoms with E-state index in [0.29, 0.717) is 23.5 Å². The number of aromatic hydroxyl groups is 1. The van der Waals surface area contributed by atoms with Crippen LogP contribution in [0.2, 0.25) is 0 Å². The number of nitrogens with one attached hydrogen (secondary N) is 2. The summed E-state index contributed by atoms with van der Waals surface area (Å²) in [6.45, 7) is 2.28. The van der Waals surface area contributed by atoms with Gasteiger partial charge < -0.3 is 21.1 Å². The molecule has 2 heterocycles. The maximum Gasteiger partial charge on any atom is 0.224 e. The van der Waals surface area contributed by atoms with Crippen molar-refractivity contribution in [3.8, 4) is 5.75 Å². The number of imidazole rings is 1. The van der Waals surface area contributed by atoms with Crippen LogP contribution in [0.5, 0.6) is 5.75 Å². The average molecular weight is 270 g/mol. The van der Waals surface area contributed by atoms with E-state index in [-0.39, 0.29) is 11.7 Å². The van der Waals surface area contributed by atoms with Gasteiger partial charge in [-0.1, -0.05) is 18.2 Å². The second-order valence-electron chi connectivity index (χ2n) is 4.47. The molecule has 20 heavy (non-hydrogen) atoms. The first-order valence-corrected chi connectivity index (χ1v) is 6.13. The van der Waals surface area contributed by atoms with Crippen LogP contribution in [0.4, 0.5) is 11.8 Å². The van der Waals surface area contributed by atoms with Gasteiger partial charge in [-0.05, 0) is 12.5 Å². The standard InChI is InChI=1S/C13H14N6O/c1-7-3-2-4-8(10(7)20)5-15-11-9-12(17-6-16-9)19-13(14)18-11/h2-4,6,20H,5H2,1H3,(H4,14,15,16,17,18,19). The fourth-order valence-corrected chi connectivity index (χ4v) is 2.02. The van der Waals surface area contributed by atoms with Crippen LogP contribution in [0.25, 0.3) is 11.2 Å². The first kappa shape index (κ1) is 12.2. The third-order valence-electron chi connectivity index (χ3n) is 3.07. The molecule has 0 aliphatic carbocycles. The number of nitrogen functional groups attached to an aromatic ring is 1. The molecule has 7 nitrogen and oxygen atoms in total. The Kier molecular flexibility index (Phi) is 2.86. The number of hydrogen-bond donors (Lipinski definition) is 4. The number of nitrogens with two attached hydrogens (primary N) is 1. The SMILES string of the molecule is Cc1cccc(CNc2nc(N)nc3nc[nH]c23)c1O. The predicted molar refractivity (Wildman–Crippen MR) is 76.3 cm³/mol. The number of aromatic amines is 1. The molecule has 3 rings (SSSR count). The lowest BCUT2D eigenvalue weighted by Gasteiger charge is -2.09. The van der Waals surface area contributed by atoms with Crippen molar-refractivity contribution in [2.24, 2.45) is 0 Å². The van der Waals surface area contributed by atoms with E-state index in [0.717, 1.165) is 11.1 Å². The van der Waals surface area contributed by atoms with E-state index >= 15 is 0 Å². The molecule has 5 N–H and O–H groups in total. The van der Waals surface area contributed by atoms with Gasteiger partial charge in [-0.3, -0.25) is 0 Å². The summed E-state index contributed by atoms with van der Waals surface area (Å²) < 4.78 is 0. The summed E-state index contributed by atoms with van der Waals surface area (Å²) in [4.78, 5) is 15.2. The zero-order valence-electron chi connectivity index (χ0n) is 10.9. The van der Waals surface area contributed by atoms with Crippen molar-refractivity contribution in [3.63, 3.8) is 0 Å². The van der Waals surface area contributed by atoms with E-state index in [1.807, 2.05) is 25.1 Å². The lowest BCUT2D eigenvalue weighted by atomic mass is 10.1. The zero-order valence-corrected chi connectivity index (χ0v) is 10.9. The molecular formula is C13H14N6O. The Balaban J connectivity index is 1.90. The third kappa shape index (κ3) is 2.09. The highest BCUT2D eigenvalue weighted by Gasteiger charge is 2.09. The molecule has 0 aliphatic rings. The molecule has 0 fully saturated rings. The number of aryl methyl sites for hydroxylation is 1. The lowest BCUT2D eigenvalue weighted by Crippen LogP contribution is -2.05. The van der Waals surface area contributed by atoms with Gasteiger partial charge in [0.25, 0.3) is 0 Å². The van der Waals surface area contributed by atoms with Gasteiger partial charge in [-0.15, -0.1) is 0 Å². The van der Waals surface area contributed by atoms with Crippen molar-refractivity contribution >= 4 is 22.9 Å². The molecule has 0 atom stereocenters. The van der Waals surface area contributed by atoms with Crippen molar-refractivity contribution in [2.75, 3.05) is 11.1 Å². The topological polar surface area (TPSA) is 113 Å². The Morgan fingerprint density at radius 3 is 3.05 bits per heavy atom. The molecule has 102 valence electrons. The van der Waals surface area contributed by atoms with Gasteiger partial charge in [0.2, 0.25) is 5.95 Å².